The van der Waals surface area contributed by atoms with Crippen LogP contribution in [-0.2, 0) is 4.74 Å². The van der Waals surface area contributed by atoms with E-state index < -0.39 is 0 Å². The third kappa shape index (κ3) is 4.04. The molecular formula is C21H27N7O4. The van der Waals surface area contributed by atoms with Crippen molar-refractivity contribution >= 4 is 28.9 Å². The van der Waals surface area contributed by atoms with Gasteiger partial charge in [-0.2, -0.15) is 9.61 Å². The van der Waals surface area contributed by atoms with E-state index in [1.165, 1.54) is 6.20 Å². The number of carbonyl (C=O) groups excluding carboxylic acids is 1. The number of hydrogen-bond donors (Lipinski definition) is 4. The Balaban J connectivity index is 0.00000119. The van der Waals surface area contributed by atoms with E-state index in [1.54, 1.807) is 34.5 Å². The van der Waals surface area contributed by atoms with Gasteiger partial charge in [-0.1, -0.05) is 0 Å². The van der Waals surface area contributed by atoms with E-state index in [0.29, 0.717) is 41.7 Å². The molecule has 1 saturated carbocycles. The van der Waals surface area contributed by atoms with Crippen LogP contribution in [0.3, 0.4) is 0 Å². The van der Waals surface area contributed by atoms with E-state index in [4.69, 9.17) is 9.84 Å². The highest BCUT2D eigenvalue weighted by atomic mass is 16.5. The first kappa shape index (κ1) is 21.8. The van der Waals surface area contributed by atoms with Gasteiger partial charge in [-0.05, 0) is 31.4 Å². The van der Waals surface area contributed by atoms with E-state index in [9.17, 15) is 9.59 Å². The maximum absolute atomic E-state index is 12.8. The Bertz CT molecular complexity index is 1160. The average Bonchev–Trinajstić information content (AvgIpc) is 3.17. The molecule has 4 N–H and O–H groups in total. The standard InChI is InChI=1S/C20H23N7O3.CH4O/c1-21-17-8-16(24-15-6-3-7-26(20(15)29)13-10-30-11-13)25-18-14(9-22-27(17)18)19(28)23-12-4-2-5-12;1-2/h3,6-9,12-13,21H,2,4-5,10-11H2,1H3,(H,23,28)(H,24,25);2H,1H3. The van der Waals surface area contributed by atoms with Crippen molar-refractivity contribution in [3.8, 4) is 0 Å². The number of aliphatic hydroxyl groups excluding tert-OH is 1. The van der Waals surface area contributed by atoms with Gasteiger partial charge in [0.05, 0.1) is 25.5 Å². The molecule has 1 saturated heterocycles. The number of aromatic nitrogens is 4. The van der Waals surface area contributed by atoms with Crippen molar-refractivity contribution in [2.24, 2.45) is 0 Å². The highest BCUT2D eigenvalue weighted by molar-refractivity contribution is 6.00. The molecule has 3 aromatic heterocycles. The fraction of sp³-hybridized carbons (Fsp3) is 0.429. The predicted octanol–water partition coefficient (Wildman–Crippen LogP) is 1.14. The number of fused-ring (bicyclic) bond motifs is 1. The van der Waals surface area contributed by atoms with Crippen LogP contribution in [0.1, 0.15) is 35.7 Å². The lowest BCUT2D eigenvalue weighted by atomic mass is 9.93. The van der Waals surface area contributed by atoms with Gasteiger partial charge in [-0.15, -0.1) is 0 Å². The Kier molecular flexibility index (Phi) is 6.37. The Morgan fingerprint density at radius 3 is 2.69 bits per heavy atom. The van der Waals surface area contributed by atoms with Crippen LogP contribution in [0, 0.1) is 0 Å². The first-order valence-corrected chi connectivity index (χ1v) is 10.5. The lowest BCUT2D eigenvalue weighted by Gasteiger charge is -2.28. The summed E-state index contributed by atoms with van der Waals surface area (Å²) in [7, 11) is 2.76. The van der Waals surface area contributed by atoms with Gasteiger partial charge in [0.25, 0.3) is 11.5 Å². The molecular weight excluding hydrogens is 414 g/mol. The summed E-state index contributed by atoms with van der Waals surface area (Å²) in [6, 6.07) is 5.55. The molecule has 0 unspecified atom stereocenters. The van der Waals surface area contributed by atoms with Gasteiger partial charge in [-0.3, -0.25) is 9.59 Å². The zero-order valence-electron chi connectivity index (χ0n) is 18.0. The van der Waals surface area contributed by atoms with Crippen LogP contribution in [0.25, 0.3) is 5.65 Å². The summed E-state index contributed by atoms with van der Waals surface area (Å²) in [6.45, 7) is 1.07. The lowest BCUT2D eigenvalue weighted by Crippen LogP contribution is -2.39. The summed E-state index contributed by atoms with van der Waals surface area (Å²) >= 11 is 0. The van der Waals surface area contributed by atoms with E-state index in [1.807, 2.05) is 6.07 Å². The largest absolute Gasteiger partial charge is 0.400 e. The van der Waals surface area contributed by atoms with Crippen molar-refractivity contribution in [3.63, 3.8) is 0 Å². The fourth-order valence-electron chi connectivity index (χ4n) is 3.60. The van der Waals surface area contributed by atoms with Crippen molar-refractivity contribution in [2.75, 3.05) is 38.0 Å². The number of hydrogen-bond acceptors (Lipinski definition) is 8. The summed E-state index contributed by atoms with van der Waals surface area (Å²) in [5, 5.41) is 20.5. The second-order valence-electron chi connectivity index (χ2n) is 7.62. The number of pyridine rings is 1. The number of aliphatic hydroxyl groups is 1. The van der Waals surface area contributed by atoms with Crippen LogP contribution in [0.5, 0.6) is 0 Å². The topological polar surface area (TPSA) is 135 Å². The normalized spacial score (nSPS) is 15.8. The molecule has 0 atom stereocenters. The monoisotopic (exact) mass is 441 g/mol. The molecule has 11 nitrogen and oxygen atoms in total. The zero-order chi connectivity index (χ0) is 22.7. The zero-order valence-corrected chi connectivity index (χ0v) is 18.0. The number of ether oxygens (including phenoxy) is 1. The Hall–Kier alpha value is -3.44. The molecule has 32 heavy (non-hydrogen) atoms. The minimum absolute atomic E-state index is 0.0548. The molecule has 0 aromatic carbocycles. The summed E-state index contributed by atoms with van der Waals surface area (Å²) in [6.07, 6.45) is 6.42. The van der Waals surface area contributed by atoms with Gasteiger partial charge in [0.2, 0.25) is 0 Å². The molecule has 5 rings (SSSR count). The maximum Gasteiger partial charge on any atom is 0.274 e. The minimum Gasteiger partial charge on any atom is -0.400 e. The van der Waals surface area contributed by atoms with E-state index in [2.05, 4.69) is 26.0 Å². The van der Waals surface area contributed by atoms with Crippen molar-refractivity contribution in [1.29, 1.82) is 0 Å². The number of carbonyl (C=O) groups is 1. The highest BCUT2D eigenvalue weighted by Crippen LogP contribution is 2.23. The molecule has 4 heterocycles. The molecule has 2 fully saturated rings. The number of nitrogens with zero attached hydrogens (tertiary/aromatic N) is 4. The third-order valence-corrected chi connectivity index (χ3v) is 5.66. The average molecular weight is 441 g/mol. The highest BCUT2D eigenvalue weighted by Gasteiger charge is 2.24. The molecule has 2 aliphatic rings. The van der Waals surface area contributed by atoms with Crippen molar-refractivity contribution < 1.29 is 14.6 Å². The number of nitrogens with one attached hydrogen (secondary N) is 3. The molecule has 3 aromatic rings. The summed E-state index contributed by atoms with van der Waals surface area (Å²) in [5.74, 6) is 0.909. The summed E-state index contributed by atoms with van der Waals surface area (Å²) in [5.41, 5.74) is 1.09. The molecule has 0 bridgehead atoms. The van der Waals surface area contributed by atoms with Gasteiger partial charge >= 0.3 is 0 Å². The molecule has 1 aliphatic carbocycles. The van der Waals surface area contributed by atoms with Crippen molar-refractivity contribution in [3.05, 3.63) is 46.5 Å². The first-order valence-electron chi connectivity index (χ1n) is 10.5. The van der Waals surface area contributed by atoms with Crippen LogP contribution < -0.4 is 21.5 Å². The molecule has 11 heteroatoms. The van der Waals surface area contributed by atoms with Gasteiger partial charge in [0.1, 0.15) is 22.9 Å². The molecule has 1 aliphatic heterocycles. The minimum atomic E-state index is -0.187. The number of rotatable bonds is 6. The van der Waals surface area contributed by atoms with Gasteiger partial charge in [-0.25, -0.2) is 4.98 Å². The second-order valence-corrected chi connectivity index (χ2v) is 7.62. The Morgan fingerprint density at radius 1 is 1.28 bits per heavy atom. The number of anilines is 3. The van der Waals surface area contributed by atoms with Crippen LogP contribution in [0.4, 0.5) is 17.3 Å². The smallest absolute Gasteiger partial charge is 0.274 e. The van der Waals surface area contributed by atoms with Crippen LogP contribution >= 0.6 is 0 Å². The van der Waals surface area contributed by atoms with E-state index in [0.717, 1.165) is 26.4 Å². The van der Waals surface area contributed by atoms with E-state index in [-0.39, 0.29) is 23.6 Å². The fourth-order valence-corrected chi connectivity index (χ4v) is 3.60. The SMILES string of the molecule is CNc1cc(Nc2cccn(C3COC3)c2=O)nc2c(C(=O)NC3CCC3)cnn12.CO. The predicted molar refractivity (Wildman–Crippen MR) is 120 cm³/mol. The van der Waals surface area contributed by atoms with Crippen LogP contribution in [0.2, 0.25) is 0 Å². The lowest BCUT2D eigenvalue weighted by molar-refractivity contribution is -0.0247. The third-order valence-electron chi connectivity index (χ3n) is 5.66. The van der Waals surface area contributed by atoms with Crippen molar-refractivity contribution in [1.82, 2.24) is 24.5 Å². The first-order chi connectivity index (χ1) is 15.6. The molecule has 170 valence electrons. The quantitative estimate of drug-likeness (QED) is 0.447. The van der Waals surface area contributed by atoms with Crippen molar-refractivity contribution in [2.45, 2.75) is 31.3 Å². The number of amides is 1. The van der Waals surface area contributed by atoms with Gasteiger partial charge in [0.15, 0.2) is 5.65 Å². The Labute approximate surface area is 184 Å². The Morgan fingerprint density at radius 2 is 2.06 bits per heavy atom. The summed E-state index contributed by atoms with van der Waals surface area (Å²) < 4.78 is 8.44. The van der Waals surface area contributed by atoms with E-state index >= 15 is 0 Å². The summed E-state index contributed by atoms with van der Waals surface area (Å²) in [4.78, 5) is 30.1. The molecule has 0 radical (unpaired) electrons. The maximum atomic E-state index is 12.8. The van der Waals surface area contributed by atoms with Gasteiger partial charge < -0.3 is 30.4 Å². The molecule has 0 spiro atoms. The second kappa shape index (κ2) is 9.37. The van der Waals surface area contributed by atoms with Crippen LogP contribution in [-0.4, -0.2) is 63.6 Å². The van der Waals surface area contributed by atoms with Crippen LogP contribution in [0.15, 0.2) is 35.4 Å². The van der Waals surface area contributed by atoms with Gasteiger partial charge in [0, 0.05) is 32.5 Å². The molecule has 1 amide bonds.